The molecule has 1 unspecified atom stereocenters. The maximum absolute atomic E-state index is 11.6. The summed E-state index contributed by atoms with van der Waals surface area (Å²) in [6.07, 6.45) is 0.631. The van der Waals surface area contributed by atoms with E-state index >= 15 is 0 Å². The van der Waals surface area contributed by atoms with Crippen LogP contribution in [0.15, 0.2) is 24.3 Å². The van der Waals surface area contributed by atoms with Crippen LogP contribution in [0.1, 0.15) is 20.3 Å². The summed E-state index contributed by atoms with van der Waals surface area (Å²) in [5.74, 6) is -0.185. The number of benzene rings is 1. The molecule has 1 amide bonds. The molecule has 100 valence electrons. The van der Waals surface area contributed by atoms with Gasteiger partial charge >= 0.3 is 0 Å². The van der Waals surface area contributed by atoms with Crippen molar-refractivity contribution in [3.8, 4) is 0 Å². The molecule has 0 fully saturated rings. The van der Waals surface area contributed by atoms with Crippen molar-refractivity contribution in [2.75, 3.05) is 18.4 Å². The molecule has 5 heteroatoms. The molecular formula is C13H19ClN2O2. The Morgan fingerprint density at radius 3 is 2.72 bits per heavy atom. The summed E-state index contributed by atoms with van der Waals surface area (Å²) in [6, 6.07) is 7.06. The summed E-state index contributed by atoms with van der Waals surface area (Å²) in [5.41, 5.74) is -0.196. The highest BCUT2D eigenvalue weighted by atomic mass is 35.5. The number of carbonyl (C=O) groups is 1. The van der Waals surface area contributed by atoms with Crippen LogP contribution >= 0.6 is 11.6 Å². The first-order valence-electron chi connectivity index (χ1n) is 5.92. The number of anilines is 1. The fourth-order valence-electron chi connectivity index (χ4n) is 1.33. The molecule has 0 aliphatic heterocycles. The molecule has 0 saturated heterocycles. The molecule has 4 nitrogen and oxygen atoms in total. The van der Waals surface area contributed by atoms with Crippen molar-refractivity contribution in [3.05, 3.63) is 29.3 Å². The van der Waals surface area contributed by atoms with Crippen LogP contribution in [-0.2, 0) is 4.79 Å². The van der Waals surface area contributed by atoms with Crippen molar-refractivity contribution >= 4 is 23.2 Å². The van der Waals surface area contributed by atoms with Crippen LogP contribution < -0.4 is 10.6 Å². The Bertz CT molecular complexity index is 408. The summed E-state index contributed by atoms with van der Waals surface area (Å²) < 4.78 is 0. The molecule has 0 aliphatic rings. The van der Waals surface area contributed by atoms with Crippen LogP contribution in [0, 0.1) is 0 Å². The highest BCUT2D eigenvalue weighted by molar-refractivity contribution is 6.33. The fourth-order valence-corrected chi connectivity index (χ4v) is 1.51. The smallest absolute Gasteiger partial charge is 0.238 e. The zero-order valence-electron chi connectivity index (χ0n) is 10.7. The lowest BCUT2D eigenvalue weighted by molar-refractivity contribution is -0.115. The molecule has 0 heterocycles. The van der Waals surface area contributed by atoms with Gasteiger partial charge in [0.25, 0.3) is 0 Å². The molecular weight excluding hydrogens is 252 g/mol. The normalized spacial score (nSPS) is 14.0. The van der Waals surface area contributed by atoms with Crippen LogP contribution in [0.4, 0.5) is 5.69 Å². The van der Waals surface area contributed by atoms with Crippen LogP contribution in [0.2, 0.25) is 5.02 Å². The van der Waals surface area contributed by atoms with Gasteiger partial charge < -0.3 is 15.7 Å². The van der Waals surface area contributed by atoms with E-state index in [2.05, 4.69) is 10.6 Å². The van der Waals surface area contributed by atoms with E-state index in [1.54, 1.807) is 31.2 Å². The van der Waals surface area contributed by atoms with Gasteiger partial charge in [-0.3, -0.25) is 4.79 Å². The molecule has 0 saturated carbocycles. The summed E-state index contributed by atoms with van der Waals surface area (Å²) in [6.45, 7) is 4.14. The third-order valence-electron chi connectivity index (χ3n) is 2.70. The highest BCUT2D eigenvalue weighted by Gasteiger charge is 2.17. The summed E-state index contributed by atoms with van der Waals surface area (Å²) in [7, 11) is 0. The number of para-hydroxylation sites is 1. The Labute approximate surface area is 112 Å². The topological polar surface area (TPSA) is 61.4 Å². The Balaban J connectivity index is 2.37. The second-order valence-corrected chi connectivity index (χ2v) is 4.89. The minimum atomic E-state index is -0.787. The summed E-state index contributed by atoms with van der Waals surface area (Å²) >= 11 is 5.92. The number of aliphatic hydroxyl groups is 1. The molecule has 0 bridgehead atoms. The maximum Gasteiger partial charge on any atom is 0.238 e. The zero-order chi connectivity index (χ0) is 13.6. The van der Waals surface area contributed by atoms with E-state index in [0.29, 0.717) is 23.7 Å². The van der Waals surface area contributed by atoms with Gasteiger partial charge in [0.2, 0.25) is 5.91 Å². The zero-order valence-corrected chi connectivity index (χ0v) is 11.4. The number of amides is 1. The van der Waals surface area contributed by atoms with E-state index < -0.39 is 5.60 Å². The van der Waals surface area contributed by atoms with Crippen LogP contribution in [0.3, 0.4) is 0 Å². The first-order valence-corrected chi connectivity index (χ1v) is 6.30. The first kappa shape index (κ1) is 15.0. The molecule has 0 spiro atoms. The summed E-state index contributed by atoms with van der Waals surface area (Å²) in [4.78, 5) is 11.6. The van der Waals surface area contributed by atoms with Gasteiger partial charge in [0, 0.05) is 6.54 Å². The van der Waals surface area contributed by atoms with E-state index in [0.717, 1.165) is 0 Å². The quantitative estimate of drug-likeness (QED) is 0.741. The fraction of sp³-hybridized carbons (Fsp3) is 0.462. The average molecular weight is 271 g/mol. The number of carbonyl (C=O) groups excluding carboxylic acids is 1. The van der Waals surface area contributed by atoms with Gasteiger partial charge in [-0.25, -0.2) is 0 Å². The second-order valence-electron chi connectivity index (χ2n) is 4.48. The first-order chi connectivity index (χ1) is 8.44. The summed E-state index contributed by atoms with van der Waals surface area (Å²) in [5, 5.41) is 15.9. The lowest BCUT2D eigenvalue weighted by Gasteiger charge is -2.21. The third-order valence-corrected chi connectivity index (χ3v) is 3.03. The van der Waals surface area contributed by atoms with Gasteiger partial charge in [0.05, 0.1) is 22.9 Å². The molecule has 1 atom stereocenters. The highest BCUT2D eigenvalue weighted by Crippen LogP contribution is 2.19. The van der Waals surface area contributed by atoms with Crippen molar-refractivity contribution in [2.45, 2.75) is 25.9 Å². The Morgan fingerprint density at radius 1 is 1.44 bits per heavy atom. The van der Waals surface area contributed by atoms with Crippen molar-refractivity contribution in [1.29, 1.82) is 0 Å². The number of nitrogens with one attached hydrogen (secondary N) is 2. The number of hydrogen-bond acceptors (Lipinski definition) is 3. The van der Waals surface area contributed by atoms with Gasteiger partial charge in [-0.15, -0.1) is 0 Å². The SMILES string of the molecule is CCC(C)(O)CNCC(=O)Nc1ccccc1Cl. The molecule has 0 radical (unpaired) electrons. The number of hydrogen-bond donors (Lipinski definition) is 3. The average Bonchev–Trinajstić information content (AvgIpc) is 2.32. The third kappa shape index (κ3) is 5.04. The Morgan fingerprint density at radius 2 is 2.11 bits per heavy atom. The van der Waals surface area contributed by atoms with E-state index in [1.807, 2.05) is 6.92 Å². The Hall–Kier alpha value is -1.10. The number of halogens is 1. The van der Waals surface area contributed by atoms with Crippen molar-refractivity contribution < 1.29 is 9.90 Å². The predicted molar refractivity (Wildman–Crippen MR) is 73.9 cm³/mol. The molecule has 0 aliphatic carbocycles. The molecule has 3 N–H and O–H groups in total. The maximum atomic E-state index is 11.6. The lowest BCUT2D eigenvalue weighted by Crippen LogP contribution is -2.40. The van der Waals surface area contributed by atoms with E-state index in [1.165, 1.54) is 0 Å². The largest absolute Gasteiger partial charge is 0.389 e. The van der Waals surface area contributed by atoms with Gasteiger partial charge in [-0.2, -0.15) is 0 Å². The molecule has 0 aromatic heterocycles. The molecule has 18 heavy (non-hydrogen) atoms. The van der Waals surface area contributed by atoms with Crippen molar-refractivity contribution in [3.63, 3.8) is 0 Å². The molecule has 1 rings (SSSR count). The van der Waals surface area contributed by atoms with Crippen LogP contribution in [0.5, 0.6) is 0 Å². The van der Waals surface area contributed by atoms with Crippen molar-refractivity contribution in [1.82, 2.24) is 5.32 Å². The van der Waals surface area contributed by atoms with Gasteiger partial charge in [0.1, 0.15) is 0 Å². The van der Waals surface area contributed by atoms with E-state index in [9.17, 15) is 9.90 Å². The monoisotopic (exact) mass is 270 g/mol. The second kappa shape index (κ2) is 6.73. The molecule has 1 aromatic carbocycles. The van der Waals surface area contributed by atoms with Crippen molar-refractivity contribution in [2.24, 2.45) is 0 Å². The standard InChI is InChI=1S/C13H19ClN2O2/c1-3-13(2,18)9-15-8-12(17)16-11-7-5-4-6-10(11)14/h4-7,15,18H,3,8-9H2,1-2H3,(H,16,17). The number of rotatable bonds is 6. The predicted octanol–water partition coefficient (Wildman–Crippen LogP) is 2.03. The lowest BCUT2D eigenvalue weighted by atomic mass is 10.0. The van der Waals surface area contributed by atoms with E-state index in [-0.39, 0.29) is 12.5 Å². The Kier molecular flexibility index (Phi) is 5.59. The molecule has 1 aromatic rings. The van der Waals surface area contributed by atoms with Gasteiger partial charge in [0.15, 0.2) is 0 Å². The minimum absolute atomic E-state index is 0.140. The van der Waals surface area contributed by atoms with Crippen LogP contribution in [-0.4, -0.2) is 29.7 Å². The minimum Gasteiger partial charge on any atom is -0.389 e. The van der Waals surface area contributed by atoms with Gasteiger partial charge in [-0.1, -0.05) is 30.7 Å². The van der Waals surface area contributed by atoms with E-state index in [4.69, 9.17) is 11.6 Å². The van der Waals surface area contributed by atoms with Gasteiger partial charge in [-0.05, 0) is 25.5 Å². The van der Waals surface area contributed by atoms with Crippen LogP contribution in [0.25, 0.3) is 0 Å².